The van der Waals surface area contributed by atoms with Crippen molar-refractivity contribution in [1.29, 1.82) is 0 Å². The van der Waals surface area contributed by atoms with Crippen molar-refractivity contribution in [1.82, 2.24) is 5.43 Å². The zero-order valence-corrected chi connectivity index (χ0v) is 16.6. The van der Waals surface area contributed by atoms with Gasteiger partial charge in [-0.25, -0.2) is 0 Å². The number of hydrogen-bond acceptors (Lipinski definition) is 4. The molecule has 0 heterocycles. The van der Waals surface area contributed by atoms with Crippen molar-refractivity contribution in [3.05, 3.63) is 51.0 Å². The van der Waals surface area contributed by atoms with E-state index in [-0.39, 0.29) is 5.91 Å². The topological polar surface area (TPSA) is 67.1 Å². The van der Waals surface area contributed by atoms with E-state index in [0.717, 1.165) is 28.3 Å². The predicted octanol–water partition coefficient (Wildman–Crippen LogP) is 5.25. The maximum Gasteiger partial charge on any atom is 0.271 e. The van der Waals surface area contributed by atoms with E-state index in [4.69, 9.17) is 17.3 Å². The van der Waals surface area contributed by atoms with Crippen LogP contribution in [0.15, 0.2) is 39.7 Å². The Labute approximate surface area is 159 Å². The molecule has 24 heavy (non-hydrogen) atoms. The van der Waals surface area contributed by atoms with Crippen LogP contribution < -0.4 is 16.6 Å². The average molecular weight is 429 g/mol. The van der Waals surface area contributed by atoms with Crippen LogP contribution in [0.25, 0.3) is 0 Å². The highest BCUT2D eigenvalue weighted by Gasteiger charge is 2.13. The number of nitrogens with one attached hydrogen (secondary N) is 2. The number of nitrogens with two attached hydrogens (primary N) is 1. The quantitative estimate of drug-likeness (QED) is 0.334. The van der Waals surface area contributed by atoms with Crippen LogP contribution in [0.4, 0.5) is 11.4 Å². The molecule has 0 aliphatic rings. The van der Waals surface area contributed by atoms with Gasteiger partial charge in [0.25, 0.3) is 5.91 Å². The summed E-state index contributed by atoms with van der Waals surface area (Å²) in [7, 11) is 0. The lowest BCUT2D eigenvalue weighted by molar-refractivity contribution is 0.0963. The molecule has 0 atom stereocenters. The van der Waals surface area contributed by atoms with Crippen LogP contribution in [-0.2, 0) is 0 Å². The highest BCUT2D eigenvalue weighted by molar-refractivity contribution is 9.10. The van der Waals surface area contributed by atoms with Crippen LogP contribution in [0.1, 0.15) is 29.3 Å². The number of rotatable bonds is 6. The summed E-state index contributed by atoms with van der Waals surface area (Å²) in [5, 5.41) is 0.602. The van der Waals surface area contributed by atoms with Gasteiger partial charge in [-0.2, -0.15) is 0 Å². The van der Waals surface area contributed by atoms with Gasteiger partial charge >= 0.3 is 0 Å². The maximum absolute atomic E-state index is 12.4. The summed E-state index contributed by atoms with van der Waals surface area (Å²) in [5.74, 6) is 0.686. The Kier molecular flexibility index (Phi) is 6.83. The number of thioether (sulfide) groups is 1. The highest BCUT2D eigenvalue weighted by Crippen LogP contribution is 2.30. The molecule has 0 unspecified atom stereocenters. The third kappa shape index (κ3) is 4.82. The third-order valence-corrected chi connectivity index (χ3v) is 5.40. The molecule has 0 aliphatic heterocycles. The summed E-state index contributed by atoms with van der Waals surface area (Å²) in [6.45, 7) is 4.03. The normalized spacial score (nSPS) is 10.5. The summed E-state index contributed by atoms with van der Waals surface area (Å²) >= 11 is 11.1. The zero-order valence-electron chi connectivity index (χ0n) is 13.5. The Bertz CT molecular complexity index is 755. The zero-order chi connectivity index (χ0) is 17.7. The second-order valence-electron chi connectivity index (χ2n) is 5.28. The first-order valence-electron chi connectivity index (χ1n) is 7.46. The van der Waals surface area contributed by atoms with Crippen LogP contribution >= 0.6 is 39.3 Å². The predicted molar refractivity (Wildman–Crippen MR) is 107 cm³/mol. The maximum atomic E-state index is 12.4. The van der Waals surface area contributed by atoms with E-state index in [1.54, 1.807) is 23.9 Å². The summed E-state index contributed by atoms with van der Waals surface area (Å²) in [5.41, 5.74) is 14.2. The Hall–Kier alpha value is -1.37. The number of amides is 1. The first kappa shape index (κ1) is 19.0. The number of anilines is 2. The largest absolute Gasteiger partial charge is 0.397 e. The second-order valence-corrected chi connectivity index (χ2v) is 7.70. The van der Waals surface area contributed by atoms with E-state index in [9.17, 15) is 4.79 Å². The number of hydrogen-bond donors (Lipinski definition) is 3. The number of carbonyl (C=O) groups excluding carboxylic acids is 1. The molecule has 0 spiro atoms. The summed E-state index contributed by atoms with van der Waals surface area (Å²) < 4.78 is 0.703. The Balaban J connectivity index is 2.16. The van der Waals surface area contributed by atoms with Gasteiger partial charge < -0.3 is 5.73 Å². The average Bonchev–Trinajstić information content (AvgIpc) is 2.55. The van der Waals surface area contributed by atoms with Gasteiger partial charge in [0, 0.05) is 14.4 Å². The number of halogens is 2. The second kappa shape index (κ2) is 8.65. The first-order chi connectivity index (χ1) is 11.4. The number of benzene rings is 2. The van der Waals surface area contributed by atoms with Crippen molar-refractivity contribution in [3.63, 3.8) is 0 Å². The molecule has 0 fully saturated rings. The van der Waals surface area contributed by atoms with Crippen LogP contribution in [-0.4, -0.2) is 11.7 Å². The minimum absolute atomic E-state index is 0.302. The highest BCUT2D eigenvalue weighted by atomic mass is 79.9. The number of aryl methyl sites for hydroxylation is 1. The van der Waals surface area contributed by atoms with Gasteiger partial charge in [-0.3, -0.25) is 15.6 Å². The van der Waals surface area contributed by atoms with Crippen molar-refractivity contribution in [2.24, 2.45) is 0 Å². The standard InChI is InChI=1S/C17H19BrClN3OS/c1-3-6-24-15-5-4-11(19)9-14(15)21-22-17(23)12-7-10(2)8-13(18)16(12)20/h4-5,7-9,21H,3,6,20H2,1-2H3,(H,22,23). The van der Waals surface area contributed by atoms with Gasteiger partial charge in [0.1, 0.15) is 0 Å². The van der Waals surface area contributed by atoms with Crippen molar-refractivity contribution >= 4 is 56.6 Å². The molecule has 0 radical (unpaired) electrons. The Morgan fingerprint density at radius 1 is 1.33 bits per heavy atom. The van der Waals surface area contributed by atoms with Crippen LogP contribution in [0, 0.1) is 6.92 Å². The molecule has 4 N–H and O–H groups in total. The van der Waals surface area contributed by atoms with E-state index in [0.29, 0.717) is 20.7 Å². The Morgan fingerprint density at radius 3 is 2.79 bits per heavy atom. The Morgan fingerprint density at radius 2 is 2.08 bits per heavy atom. The molecule has 0 aromatic heterocycles. The fraction of sp³-hybridized carbons (Fsp3) is 0.235. The van der Waals surface area contributed by atoms with Gasteiger partial charge in [0.15, 0.2) is 0 Å². The van der Waals surface area contributed by atoms with Gasteiger partial charge in [-0.1, -0.05) is 18.5 Å². The number of nitrogen functional groups attached to an aromatic ring is 1. The molecule has 0 saturated carbocycles. The molecule has 2 rings (SSSR count). The smallest absolute Gasteiger partial charge is 0.271 e. The van der Waals surface area contributed by atoms with E-state index >= 15 is 0 Å². The fourth-order valence-corrected chi connectivity index (χ4v) is 3.67. The number of hydrazine groups is 1. The van der Waals surface area contributed by atoms with Gasteiger partial charge in [0.05, 0.1) is 16.9 Å². The lowest BCUT2D eigenvalue weighted by Crippen LogP contribution is -2.30. The lowest BCUT2D eigenvalue weighted by atomic mass is 10.1. The van der Waals surface area contributed by atoms with Crippen molar-refractivity contribution in [3.8, 4) is 0 Å². The van der Waals surface area contributed by atoms with Crippen LogP contribution in [0.3, 0.4) is 0 Å². The molecule has 0 bridgehead atoms. The fourth-order valence-electron chi connectivity index (χ4n) is 2.07. The molecule has 7 heteroatoms. The number of carbonyl (C=O) groups is 1. The monoisotopic (exact) mass is 427 g/mol. The van der Waals surface area contributed by atoms with Gasteiger partial charge in [0.2, 0.25) is 0 Å². The molecular weight excluding hydrogens is 410 g/mol. The minimum atomic E-state index is -0.302. The molecule has 1 amide bonds. The molecule has 2 aromatic rings. The van der Waals surface area contributed by atoms with Crippen LogP contribution in [0.2, 0.25) is 5.02 Å². The van der Waals surface area contributed by atoms with E-state index < -0.39 is 0 Å². The van der Waals surface area contributed by atoms with Crippen molar-refractivity contribution in [2.75, 3.05) is 16.9 Å². The third-order valence-electron chi connectivity index (χ3n) is 3.23. The van der Waals surface area contributed by atoms with E-state index in [1.165, 1.54) is 0 Å². The lowest BCUT2D eigenvalue weighted by Gasteiger charge is -2.14. The van der Waals surface area contributed by atoms with E-state index in [1.807, 2.05) is 25.1 Å². The minimum Gasteiger partial charge on any atom is -0.397 e. The first-order valence-corrected chi connectivity index (χ1v) is 9.62. The molecule has 0 aliphatic carbocycles. The summed E-state index contributed by atoms with van der Waals surface area (Å²) in [6.07, 6.45) is 1.06. The molecule has 2 aromatic carbocycles. The summed E-state index contributed by atoms with van der Waals surface area (Å²) in [6, 6.07) is 9.18. The van der Waals surface area contributed by atoms with Gasteiger partial charge in [-0.05, 0) is 70.9 Å². The molecule has 128 valence electrons. The molecule has 0 saturated heterocycles. The SMILES string of the molecule is CCCSc1ccc(Cl)cc1NNC(=O)c1cc(C)cc(Br)c1N. The summed E-state index contributed by atoms with van der Waals surface area (Å²) in [4.78, 5) is 13.5. The molecular formula is C17H19BrClN3OS. The van der Waals surface area contributed by atoms with E-state index in [2.05, 4.69) is 33.7 Å². The van der Waals surface area contributed by atoms with Crippen molar-refractivity contribution < 1.29 is 4.79 Å². The van der Waals surface area contributed by atoms with Crippen molar-refractivity contribution in [2.45, 2.75) is 25.2 Å². The molecule has 4 nitrogen and oxygen atoms in total. The van der Waals surface area contributed by atoms with Gasteiger partial charge in [-0.15, -0.1) is 11.8 Å². The van der Waals surface area contributed by atoms with Crippen LogP contribution in [0.5, 0.6) is 0 Å².